The number of aliphatic hydroxyl groups is 1. The highest BCUT2D eigenvalue weighted by atomic mass is 35.5. The number of hydrogen-bond donors (Lipinski definition) is 2. The van der Waals surface area contributed by atoms with Crippen LogP contribution in [0.4, 0.5) is 0 Å². The van der Waals surface area contributed by atoms with Gasteiger partial charge in [-0.25, -0.2) is 4.79 Å². The summed E-state index contributed by atoms with van der Waals surface area (Å²) in [5.74, 6) is -0.718. The molecule has 0 aliphatic carbocycles. The topological polar surface area (TPSA) is 77.8 Å². The Kier molecular flexibility index (Phi) is 7.70. The fourth-order valence-corrected chi connectivity index (χ4v) is 4.98. The van der Waals surface area contributed by atoms with Gasteiger partial charge in [-0.3, -0.25) is 4.79 Å². The molecule has 0 spiro atoms. The minimum Gasteiger partial charge on any atom is -0.477 e. The van der Waals surface area contributed by atoms with E-state index in [9.17, 15) is 14.7 Å². The van der Waals surface area contributed by atoms with E-state index in [0.717, 1.165) is 36.1 Å². The number of halogens is 1. The number of benzene rings is 1. The van der Waals surface area contributed by atoms with E-state index in [1.165, 1.54) is 11.3 Å². The average molecular weight is 436 g/mol. The first kappa shape index (κ1) is 21.8. The van der Waals surface area contributed by atoms with Crippen LogP contribution < -0.4 is 0 Å². The monoisotopic (exact) mass is 435 g/mol. The Balaban J connectivity index is 1.44. The highest BCUT2D eigenvalue weighted by Crippen LogP contribution is 2.25. The summed E-state index contributed by atoms with van der Waals surface area (Å²) in [6.45, 7) is 0.675. The number of amides is 1. The molecule has 0 bridgehead atoms. The Morgan fingerprint density at radius 3 is 2.86 bits per heavy atom. The maximum absolute atomic E-state index is 12.3. The number of carbonyl (C=O) groups is 2. The van der Waals surface area contributed by atoms with Gasteiger partial charge in [-0.2, -0.15) is 0 Å². The molecule has 1 amide bonds. The standard InChI is InChI=1S/C22H26ClNO4S/c23-16-4-1-3-15(13-16)14-18(25)8-6-17-7-11-21(26)24(17)12-2-5-19-9-10-20(29-19)22(27)28/h1,3-4,9-10,13,17-18,25H,2,5-8,11-12,14H2,(H,27,28)/t17-,18?/m0/s1. The van der Waals surface area contributed by atoms with Crippen molar-refractivity contribution in [2.45, 2.75) is 57.1 Å². The largest absolute Gasteiger partial charge is 0.477 e. The van der Waals surface area contributed by atoms with Gasteiger partial charge in [0.1, 0.15) is 4.88 Å². The van der Waals surface area contributed by atoms with Crippen molar-refractivity contribution in [1.82, 2.24) is 4.90 Å². The third-order valence-corrected chi connectivity index (χ3v) is 6.71. The van der Waals surface area contributed by atoms with Crippen molar-refractivity contribution < 1.29 is 19.8 Å². The third-order valence-electron chi connectivity index (χ3n) is 5.34. The fourth-order valence-electron chi connectivity index (χ4n) is 3.87. The second-order valence-corrected chi connectivity index (χ2v) is 9.12. The Bertz CT molecular complexity index is 853. The van der Waals surface area contributed by atoms with E-state index in [0.29, 0.717) is 35.7 Å². The normalized spacial score (nSPS) is 17.7. The number of aliphatic hydroxyl groups excluding tert-OH is 1. The molecule has 5 nitrogen and oxygen atoms in total. The first-order chi connectivity index (χ1) is 13.9. The zero-order valence-electron chi connectivity index (χ0n) is 16.2. The Morgan fingerprint density at radius 2 is 2.14 bits per heavy atom. The molecule has 156 valence electrons. The lowest BCUT2D eigenvalue weighted by Gasteiger charge is -2.25. The van der Waals surface area contributed by atoms with Gasteiger partial charge in [0.25, 0.3) is 0 Å². The van der Waals surface area contributed by atoms with Crippen LogP contribution in [-0.2, 0) is 17.6 Å². The molecule has 1 aliphatic heterocycles. The summed E-state index contributed by atoms with van der Waals surface area (Å²) in [5.41, 5.74) is 1.01. The summed E-state index contributed by atoms with van der Waals surface area (Å²) in [4.78, 5) is 26.6. The molecule has 1 aliphatic rings. The van der Waals surface area contributed by atoms with E-state index in [4.69, 9.17) is 16.7 Å². The van der Waals surface area contributed by atoms with E-state index in [1.54, 1.807) is 6.07 Å². The van der Waals surface area contributed by atoms with E-state index in [1.807, 2.05) is 35.2 Å². The Morgan fingerprint density at radius 1 is 1.31 bits per heavy atom. The van der Waals surface area contributed by atoms with Gasteiger partial charge in [-0.15, -0.1) is 11.3 Å². The first-order valence-electron chi connectivity index (χ1n) is 9.96. The van der Waals surface area contributed by atoms with E-state index in [2.05, 4.69) is 0 Å². The molecule has 29 heavy (non-hydrogen) atoms. The van der Waals surface area contributed by atoms with Crippen LogP contribution in [0.3, 0.4) is 0 Å². The zero-order valence-corrected chi connectivity index (χ0v) is 17.8. The second kappa shape index (κ2) is 10.2. The predicted molar refractivity (Wildman–Crippen MR) is 115 cm³/mol. The van der Waals surface area contributed by atoms with Crippen LogP contribution in [0.15, 0.2) is 36.4 Å². The number of likely N-dealkylation sites (tertiary alicyclic amines) is 1. The predicted octanol–water partition coefficient (Wildman–Crippen LogP) is 4.41. The molecule has 2 aromatic rings. The first-order valence-corrected chi connectivity index (χ1v) is 11.2. The number of thiophene rings is 1. The Labute approximate surface area is 179 Å². The van der Waals surface area contributed by atoms with Gasteiger partial charge in [0.2, 0.25) is 5.91 Å². The molecule has 7 heteroatoms. The molecule has 3 rings (SSSR count). The summed E-state index contributed by atoms with van der Waals surface area (Å²) in [6.07, 6.45) is 4.53. The molecule has 1 unspecified atom stereocenters. The summed E-state index contributed by atoms with van der Waals surface area (Å²) in [6, 6.07) is 11.2. The molecule has 0 saturated carbocycles. The van der Waals surface area contributed by atoms with Gasteiger partial charge < -0.3 is 15.1 Å². The minimum absolute atomic E-state index is 0.175. The van der Waals surface area contributed by atoms with Crippen molar-refractivity contribution in [2.24, 2.45) is 0 Å². The highest BCUT2D eigenvalue weighted by molar-refractivity contribution is 7.13. The van der Waals surface area contributed by atoms with Gasteiger partial charge >= 0.3 is 5.97 Å². The van der Waals surface area contributed by atoms with Crippen LogP contribution in [-0.4, -0.2) is 45.7 Å². The van der Waals surface area contributed by atoms with Crippen LogP contribution in [0.5, 0.6) is 0 Å². The van der Waals surface area contributed by atoms with Gasteiger partial charge in [0.15, 0.2) is 0 Å². The number of carboxylic acids is 1. The number of aromatic carboxylic acids is 1. The van der Waals surface area contributed by atoms with E-state index in [-0.39, 0.29) is 11.9 Å². The van der Waals surface area contributed by atoms with Gasteiger partial charge in [-0.05, 0) is 68.4 Å². The van der Waals surface area contributed by atoms with Gasteiger partial charge in [0.05, 0.1) is 6.10 Å². The van der Waals surface area contributed by atoms with E-state index >= 15 is 0 Å². The zero-order chi connectivity index (χ0) is 20.8. The second-order valence-electron chi connectivity index (χ2n) is 7.52. The molecule has 0 radical (unpaired) electrons. The smallest absolute Gasteiger partial charge is 0.345 e. The maximum Gasteiger partial charge on any atom is 0.345 e. The lowest BCUT2D eigenvalue weighted by molar-refractivity contribution is -0.129. The quantitative estimate of drug-likeness (QED) is 0.579. The molecular formula is C22H26ClNO4S. The van der Waals surface area contributed by atoms with Crippen LogP contribution in [0.1, 0.15) is 52.2 Å². The van der Waals surface area contributed by atoms with Crippen molar-refractivity contribution in [3.8, 4) is 0 Å². The molecule has 1 aromatic carbocycles. The molecule has 2 heterocycles. The summed E-state index contributed by atoms with van der Waals surface area (Å²) in [5, 5.41) is 20.1. The molecule has 2 N–H and O–H groups in total. The summed E-state index contributed by atoms with van der Waals surface area (Å²) >= 11 is 7.30. The van der Waals surface area contributed by atoms with Gasteiger partial charge in [-0.1, -0.05) is 23.7 Å². The summed E-state index contributed by atoms with van der Waals surface area (Å²) in [7, 11) is 0. The van der Waals surface area contributed by atoms with Crippen LogP contribution in [0, 0.1) is 0 Å². The number of nitrogens with zero attached hydrogens (tertiary/aromatic N) is 1. The van der Waals surface area contributed by atoms with Gasteiger partial charge in [0, 0.05) is 28.9 Å². The number of hydrogen-bond acceptors (Lipinski definition) is 4. The average Bonchev–Trinajstić information content (AvgIpc) is 3.28. The van der Waals surface area contributed by atoms with Crippen molar-refractivity contribution in [3.63, 3.8) is 0 Å². The van der Waals surface area contributed by atoms with Crippen LogP contribution in [0.25, 0.3) is 0 Å². The summed E-state index contributed by atoms with van der Waals surface area (Å²) < 4.78 is 0. The number of carboxylic acid groups (broad SMARTS) is 1. The number of aryl methyl sites for hydroxylation is 1. The van der Waals surface area contributed by atoms with E-state index < -0.39 is 12.1 Å². The molecule has 1 aromatic heterocycles. The molecular weight excluding hydrogens is 410 g/mol. The maximum atomic E-state index is 12.3. The van der Waals surface area contributed by atoms with Crippen LogP contribution >= 0.6 is 22.9 Å². The molecule has 1 saturated heterocycles. The minimum atomic E-state index is -0.896. The highest BCUT2D eigenvalue weighted by Gasteiger charge is 2.30. The van der Waals surface area contributed by atoms with Crippen molar-refractivity contribution in [1.29, 1.82) is 0 Å². The molecule has 1 fully saturated rings. The number of carbonyl (C=O) groups excluding carboxylic acids is 1. The Hall–Kier alpha value is -1.89. The third kappa shape index (κ3) is 6.29. The lowest BCUT2D eigenvalue weighted by Crippen LogP contribution is -2.34. The van der Waals surface area contributed by atoms with Crippen molar-refractivity contribution >= 4 is 34.8 Å². The van der Waals surface area contributed by atoms with Crippen LogP contribution in [0.2, 0.25) is 5.02 Å². The lowest BCUT2D eigenvalue weighted by atomic mass is 10.0. The fraction of sp³-hybridized carbons (Fsp3) is 0.455. The number of rotatable bonds is 10. The SMILES string of the molecule is O=C(O)c1ccc(CCCN2C(=O)CC[C@@H]2CCC(O)Cc2cccc(Cl)c2)s1. The van der Waals surface area contributed by atoms with Crippen molar-refractivity contribution in [2.75, 3.05) is 6.54 Å². The molecule has 2 atom stereocenters. The van der Waals surface area contributed by atoms with Crippen molar-refractivity contribution in [3.05, 3.63) is 56.7 Å².